The summed E-state index contributed by atoms with van der Waals surface area (Å²) >= 11 is 0. The molecule has 104 valence electrons. The topological polar surface area (TPSA) is 39.4 Å². The fourth-order valence-corrected chi connectivity index (χ4v) is 2.22. The van der Waals surface area contributed by atoms with Crippen molar-refractivity contribution in [2.45, 2.75) is 0 Å². The predicted octanol–water partition coefficient (Wildman–Crippen LogP) is 3.97. The standard InChI is InChI=1S/C18H14O3/c1-20-16-11-8-14-9-12-17(19)21-18(14)15(16)10-7-13-5-3-2-4-6-13/h2-12H,1H3/b10-7+. The van der Waals surface area contributed by atoms with Crippen LogP contribution in [0.3, 0.4) is 0 Å². The van der Waals surface area contributed by atoms with Crippen LogP contribution in [0.1, 0.15) is 11.1 Å². The van der Waals surface area contributed by atoms with Gasteiger partial charge in [0.25, 0.3) is 0 Å². The molecule has 0 aliphatic heterocycles. The van der Waals surface area contributed by atoms with Crippen LogP contribution < -0.4 is 10.4 Å². The van der Waals surface area contributed by atoms with Crippen LogP contribution in [0.15, 0.2) is 63.8 Å². The molecular formula is C18H14O3. The molecule has 0 radical (unpaired) electrons. The van der Waals surface area contributed by atoms with E-state index in [0.717, 1.165) is 16.5 Å². The summed E-state index contributed by atoms with van der Waals surface area (Å²) in [6.45, 7) is 0. The van der Waals surface area contributed by atoms with Crippen LogP contribution in [0, 0.1) is 0 Å². The van der Waals surface area contributed by atoms with E-state index in [9.17, 15) is 4.79 Å². The zero-order valence-corrected chi connectivity index (χ0v) is 11.6. The molecule has 3 nitrogen and oxygen atoms in total. The summed E-state index contributed by atoms with van der Waals surface area (Å²) in [6, 6.07) is 16.8. The van der Waals surface area contributed by atoms with Crippen molar-refractivity contribution in [3.63, 3.8) is 0 Å². The minimum absolute atomic E-state index is 0.370. The maximum atomic E-state index is 11.5. The van der Waals surface area contributed by atoms with Crippen LogP contribution in [-0.2, 0) is 0 Å². The average Bonchev–Trinajstić information content (AvgIpc) is 2.53. The molecule has 0 spiro atoms. The first-order valence-corrected chi connectivity index (χ1v) is 6.62. The molecule has 0 fully saturated rings. The van der Waals surface area contributed by atoms with Gasteiger partial charge in [-0.25, -0.2) is 4.79 Å². The minimum Gasteiger partial charge on any atom is -0.496 e. The number of methoxy groups -OCH3 is 1. The van der Waals surface area contributed by atoms with Crippen molar-refractivity contribution in [2.75, 3.05) is 7.11 Å². The van der Waals surface area contributed by atoms with E-state index in [2.05, 4.69) is 0 Å². The highest BCUT2D eigenvalue weighted by Gasteiger charge is 2.08. The maximum Gasteiger partial charge on any atom is 0.336 e. The van der Waals surface area contributed by atoms with Crippen LogP contribution in [-0.4, -0.2) is 7.11 Å². The number of benzene rings is 2. The van der Waals surface area contributed by atoms with E-state index in [-0.39, 0.29) is 5.63 Å². The van der Waals surface area contributed by atoms with Crippen molar-refractivity contribution in [2.24, 2.45) is 0 Å². The van der Waals surface area contributed by atoms with E-state index in [1.807, 2.05) is 54.6 Å². The van der Waals surface area contributed by atoms with Crippen LogP contribution in [0.5, 0.6) is 5.75 Å². The van der Waals surface area contributed by atoms with Gasteiger partial charge in [-0.1, -0.05) is 36.4 Å². The first kappa shape index (κ1) is 13.2. The molecule has 21 heavy (non-hydrogen) atoms. The molecule has 0 saturated carbocycles. The van der Waals surface area contributed by atoms with Gasteiger partial charge in [-0.05, 0) is 29.8 Å². The Bertz CT molecular complexity index is 845. The molecule has 2 aromatic carbocycles. The monoisotopic (exact) mass is 278 g/mol. The molecule has 0 bridgehead atoms. The van der Waals surface area contributed by atoms with E-state index in [1.165, 1.54) is 6.07 Å². The van der Waals surface area contributed by atoms with E-state index >= 15 is 0 Å². The summed E-state index contributed by atoms with van der Waals surface area (Å²) in [5.41, 5.74) is 1.99. The number of rotatable bonds is 3. The first-order chi connectivity index (χ1) is 10.3. The number of hydrogen-bond acceptors (Lipinski definition) is 3. The molecule has 3 aromatic rings. The van der Waals surface area contributed by atoms with Gasteiger partial charge in [0.2, 0.25) is 0 Å². The molecular weight excluding hydrogens is 264 g/mol. The van der Waals surface area contributed by atoms with Crippen molar-refractivity contribution in [1.29, 1.82) is 0 Å². The number of fused-ring (bicyclic) bond motifs is 1. The second-order valence-electron chi connectivity index (χ2n) is 4.60. The van der Waals surface area contributed by atoms with E-state index in [4.69, 9.17) is 9.15 Å². The zero-order valence-electron chi connectivity index (χ0n) is 11.6. The predicted molar refractivity (Wildman–Crippen MR) is 84.4 cm³/mol. The van der Waals surface area contributed by atoms with Crippen molar-refractivity contribution in [3.8, 4) is 5.75 Å². The zero-order chi connectivity index (χ0) is 14.7. The van der Waals surface area contributed by atoms with Gasteiger partial charge in [-0.3, -0.25) is 0 Å². The van der Waals surface area contributed by atoms with Gasteiger partial charge in [0.1, 0.15) is 11.3 Å². The smallest absolute Gasteiger partial charge is 0.336 e. The van der Waals surface area contributed by atoms with Gasteiger partial charge >= 0.3 is 5.63 Å². The van der Waals surface area contributed by atoms with Gasteiger partial charge in [-0.15, -0.1) is 0 Å². The highest BCUT2D eigenvalue weighted by atomic mass is 16.5. The largest absolute Gasteiger partial charge is 0.496 e. The molecule has 3 rings (SSSR count). The van der Waals surface area contributed by atoms with Crippen LogP contribution in [0.2, 0.25) is 0 Å². The fraction of sp³-hybridized carbons (Fsp3) is 0.0556. The second kappa shape index (κ2) is 5.67. The Hall–Kier alpha value is -2.81. The fourth-order valence-electron chi connectivity index (χ4n) is 2.22. The molecule has 1 aromatic heterocycles. The normalized spacial score (nSPS) is 11.1. The highest BCUT2D eigenvalue weighted by Crippen LogP contribution is 2.28. The molecule has 3 heteroatoms. The second-order valence-corrected chi connectivity index (χ2v) is 4.60. The lowest BCUT2D eigenvalue weighted by Gasteiger charge is -2.07. The molecule has 1 heterocycles. The number of ether oxygens (including phenoxy) is 1. The van der Waals surface area contributed by atoms with Crippen molar-refractivity contribution >= 4 is 23.1 Å². The Morgan fingerprint density at radius 2 is 1.71 bits per heavy atom. The molecule has 0 atom stereocenters. The summed E-state index contributed by atoms with van der Waals surface area (Å²) < 4.78 is 10.7. The Balaban J connectivity index is 2.17. The van der Waals surface area contributed by atoms with Crippen molar-refractivity contribution < 1.29 is 9.15 Å². The summed E-state index contributed by atoms with van der Waals surface area (Å²) in [6.07, 6.45) is 3.86. The minimum atomic E-state index is -0.370. The van der Waals surface area contributed by atoms with Crippen molar-refractivity contribution in [1.82, 2.24) is 0 Å². The molecule has 0 saturated heterocycles. The average molecular weight is 278 g/mol. The van der Waals surface area contributed by atoms with Gasteiger partial charge in [0, 0.05) is 11.5 Å². The maximum absolute atomic E-state index is 11.5. The van der Waals surface area contributed by atoms with Crippen LogP contribution >= 0.6 is 0 Å². The summed E-state index contributed by atoms with van der Waals surface area (Å²) in [7, 11) is 1.60. The number of hydrogen-bond donors (Lipinski definition) is 0. The van der Waals surface area contributed by atoms with E-state index < -0.39 is 0 Å². The van der Waals surface area contributed by atoms with E-state index in [1.54, 1.807) is 13.2 Å². The van der Waals surface area contributed by atoms with Crippen LogP contribution in [0.4, 0.5) is 0 Å². The Kier molecular flexibility index (Phi) is 3.56. The van der Waals surface area contributed by atoms with Gasteiger partial charge in [0.05, 0.1) is 12.7 Å². The van der Waals surface area contributed by atoms with Gasteiger partial charge < -0.3 is 9.15 Å². The van der Waals surface area contributed by atoms with Gasteiger partial charge in [0.15, 0.2) is 0 Å². The SMILES string of the molecule is COc1ccc2ccc(=O)oc2c1/C=C/c1ccccc1. The first-order valence-electron chi connectivity index (χ1n) is 6.62. The molecule has 0 unspecified atom stereocenters. The third kappa shape index (κ3) is 2.72. The lowest BCUT2D eigenvalue weighted by atomic mass is 10.1. The highest BCUT2D eigenvalue weighted by molar-refractivity contribution is 5.91. The lowest BCUT2D eigenvalue weighted by molar-refractivity contribution is 0.413. The molecule has 0 aliphatic rings. The Morgan fingerprint density at radius 3 is 2.48 bits per heavy atom. The molecule has 0 N–H and O–H groups in total. The third-order valence-corrected chi connectivity index (χ3v) is 3.25. The van der Waals surface area contributed by atoms with E-state index in [0.29, 0.717) is 11.3 Å². The summed E-state index contributed by atoms with van der Waals surface area (Å²) in [5, 5.41) is 0.864. The third-order valence-electron chi connectivity index (χ3n) is 3.25. The lowest BCUT2D eigenvalue weighted by Crippen LogP contribution is -1.97. The Labute approximate surface area is 122 Å². The summed E-state index contributed by atoms with van der Waals surface area (Å²) in [4.78, 5) is 11.5. The molecule has 0 amide bonds. The summed E-state index contributed by atoms with van der Waals surface area (Å²) in [5.74, 6) is 0.670. The quantitative estimate of drug-likeness (QED) is 0.537. The Morgan fingerprint density at radius 1 is 0.952 bits per heavy atom. The van der Waals surface area contributed by atoms with Crippen molar-refractivity contribution in [3.05, 3.63) is 76.1 Å². The van der Waals surface area contributed by atoms with Crippen LogP contribution in [0.25, 0.3) is 23.1 Å². The van der Waals surface area contributed by atoms with Gasteiger partial charge in [-0.2, -0.15) is 0 Å². The molecule has 0 aliphatic carbocycles.